The van der Waals surface area contributed by atoms with E-state index in [0.29, 0.717) is 34.4 Å². The Labute approximate surface area is 176 Å². The zero-order valence-electron chi connectivity index (χ0n) is 16.4. The van der Waals surface area contributed by atoms with Gasteiger partial charge in [-0.15, -0.1) is 0 Å². The second-order valence-electron chi connectivity index (χ2n) is 6.91. The van der Waals surface area contributed by atoms with E-state index in [4.69, 9.17) is 8.83 Å². The van der Waals surface area contributed by atoms with Gasteiger partial charge in [0.2, 0.25) is 0 Å². The van der Waals surface area contributed by atoms with Gasteiger partial charge in [0.15, 0.2) is 17.3 Å². The summed E-state index contributed by atoms with van der Waals surface area (Å²) in [6.07, 6.45) is 5.09. The minimum absolute atomic E-state index is 0.0789. The van der Waals surface area contributed by atoms with Crippen molar-refractivity contribution in [3.63, 3.8) is 0 Å². The molecule has 4 aromatic heterocycles. The number of benzene rings is 1. The second kappa shape index (κ2) is 7.42. The van der Waals surface area contributed by atoms with Crippen molar-refractivity contribution in [1.29, 1.82) is 0 Å². The van der Waals surface area contributed by atoms with E-state index in [0.717, 1.165) is 11.2 Å². The number of hydrogen-bond donors (Lipinski definition) is 0. The Kier molecular flexibility index (Phi) is 4.44. The molecule has 0 unspecified atom stereocenters. The predicted molar refractivity (Wildman–Crippen MR) is 116 cm³/mol. The second-order valence-corrected chi connectivity index (χ2v) is 6.91. The predicted octanol–water partition coefficient (Wildman–Crippen LogP) is 5.82. The summed E-state index contributed by atoms with van der Waals surface area (Å²) in [7, 11) is 0. The summed E-state index contributed by atoms with van der Waals surface area (Å²) in [4.78, 5) is 19.9. The molecule has 4 heterocycles. The Balaban J connectivity index is 1.50. The van der Waals surface area contributed by atoms with Crippen LogP contribution in [0.5, 0.6) is 0 Å². The van der Waals surface area contributed by atoms with Crippen LogP contribution in [0.3, 0.4) is 0 Å². The summed E-state index contributed by atoms with van der Waals surface area (Å²) in [6.45, 7) is 1.70. The first-order valence-corrected chi connectivity index (χ1v) is 9.50. The molecule has 8 heteroatoms. The van der Waals surface area contributed by atoms with Crippen LogP contribution in [0.25, 0.3) is 28.4 Å². The van der Waals surface area contributed by atoms with Crippen LogP contribution in [0.2, 0.25) is 0 Å². The topological polar surface area (TPSA) is 99.1 Å². The molecule has 5 rings (SSSR count). The van der Waals surface area contributed by atoms with E-state index < -0.39 is 4.92 Å². The van der Waals surface area contributed by atoms with Gasteiger partial charge in [-0.3, -0.25) is 14.5 Å². The van der Waals surface area contributed by atoms with Crippen molar-refractivity contribution in [3.8, 4) is 22.8 Å². The van der Waals surface area contributed by atoms with Crippen LogP contribution in [0, 0.1) is 17.0 Å². The van der Waals surface area contributed by atoms with Crippen LogP contribution in [-0.2, 0) is 0 Å². The number of furan rings is 2. The van der Waals surface area contributed by atoms with Gasteiger partial charge in [-0.2, -0.15) is 0 Å². The van der Waals surface area contributed by atoms with Crippen LogP contribution in [0.15, 0.2) is 87.0 Å². The molecule has 0 aliphatic rings. The molecule has 31 heavy (non-hydrogen) atoms. The maximum Gasteiger partial charge on any atom is 0.272 e. The Hall–Kier alpha value is -4.46. The number of aryl methyl sites for hydroxylation is 1. The number of aliphatic imine (C=N–C) groups is 1. The van der Waals surface area contributed by atoms with Gasteiger partial charge >= 0.3 is 0 Å². The number of pyridine rings is 1. The molecule has 5 aromatic rings. The number of aromatic nitrogens is 2. The molecule has 0 radical (unpaired) electrons. The van der Waals surface area contributed by atoms with Crippen molar-refractivity contribution in [2.75, 3.05) is 0 Å². The van der Waals surface area contributed by atoms with Gasteiger partial charge in [0.25, 0.3) is 5.69 Å². The highest BCUT2D eigenvalue weighted by Gasteiger charge is 2.16. The Morgan fingerprint density at radius 1 is 1.10 bits per heavy atom. The molecule has 0 aliphatic heterocycles. The third-order valence-corrected chi connectivity index (χ3v) is 4.88. The number of nitrogens with zero attached hydrogens (tertiary/aromatic N) is 4. The minimum Gasteiger partial charge on any atom is -0.463 e. The summed E-state index contributed by atoms with van der Waals surface area (Å²) in [6, 6.07) is 17.8. The zero-order chi connectivity index (χ0) is 21.4. The monoisotopic (exact) mass is 412 g/mol. The van der Waals surface area contributed by atoms with Gasteiger partial charge in [-0.05, 0) is 55.5 Å². The fourth-order valence-corrected chi connectivity index (χ4v) is 3.40. The van der Waals surface area contributed by atoms with E-state index in [2.05, 4.69) is 9.98 Å². The highest BCUT2D eigenvalue weighted by atomic mass is 16.6. The lowest BCUT2D eigenvalue weighted by Gasteiger charge is -2.00. The molecule has 0 amide bonds. The van der Waals surface area contributed by atoms with E-state index in [-0.39, 0.29) is 5.69 Å². The maximum atomic E-state index is 11.0. The fraction of sp³-hybridized carbons (Fsp3) is 0.0435. The third-order valence-electron chi connectivity index (χ3n) is 4.88. The van der Waals surface area contributed by atoms with Crippen molar-refractivity contribution in [2.24, 2.45) is 4.99 Å². The maximum absolute atomic E-state index is 11.0. The number of rotatable bonds is 5. The molecule has 152 valence electrons. The molecule has 0 fully saturated rings. The minimum atomic E-state index is -0.397. The highest BCUT2D eigenvalue weighted by Crippen LogP contribution is 2.32. The van der Waals surface area contributed by atoms with Crippen molar-refractivity contribution in [1.82, 2.24) is 9.38 Å². The molecule has 0 atom stereocenters. The number of imidazole rings is 1. The number of fused-ring (bicyclic) bond motifs is 1. The summed E-state index contributed by atoms with van der Waals surface area (Å²) < 4.78 is 13.3. The van der Waals surface area contributed by atoms with Gasteiger partial charge in [0.05, 0.1) is 17.4 Å². The van der Waals surface area contributed by atoms with E-state index >= 15 is 0 Å². The molecular weight excluding hydrogens is 396 g/mol. The molecule has 0 saturated carbocycles. The van der Waals surface area contributed by atoms with Crippen LogP contribution >= 0.6 is 0 Å². The lowest BCUT2D eigenvalue weighted by atomic mass is 10.1. The van der Waals surface area contributed by atoms with Crippen LogP contribution < -0.4 is 0 Å². The smallest absolute Gasteiger partial charge is 0.272 e. The SMILES string of the molecule is Cc1cc(-c2ccc(C=Nc3c(-c4ccco4)nc4ccccn34)o2)ccc1[N+](=O)[O-]. The van der Waals surface area contributed by atoms with Gasteiger partial charge in [0, 0.05) is 23.4 Å². The first-order chi connectivity index (χ1) is 15.1. The van der Waals surface area contributed by atoms with Gasteiger partial charge in [-0.1, -0.05) is 6.07 Å². The quantitative estimate of drug-likeness (QED) is 0.206. The average molecular weight is 412 g/mol. The number of nitro groups is 1. The average Bonchev–Trinajstić information content (AvgIpc) is 3.51. The van der Waals surface area contributed by atoms with Crippen molar-refractivity contribution >= 4 is 23.4 Å². The highest BCUT2D eigenvalue weighted by molar-refractivity contribution is 5.83. The van der Waals surface area contributed by atoms with Gasteiger partial charge in [0.1, 0.15) is 17.2 Å². The van der Waals surface area contributed by atoms with Gasteiger partial charge in [-0.25, -0.2) is 9.98 Å². The third kappa shape index (κ3) is 3.40. The summed E-state index contributed by atoms with van der Waals surface area (Å²) in [5.41, 5.74) is 2.79. The number of hydrogen-bond acceptors (Lipinski definition) is 6. The molecular formula is C23H16N4O4. The van der Waals surface area contributed by atoms with Gasteiger partial charge < -0.3 is 8.83 Å². The van der Waals surface area contributed by atoms with E-state index in [1.54, 1.807) is 43.7 Å². The molecule has 0 bridgehead atoms. The normalized spacial score (nSPS) is 11.5. The molecule has 0 spiro atoms. The lowest BCUT2D eigenvalue weighted by Crippen LogP contribution is -1.91. The molecule has 8 nitrogen and oxygen atoms in total. The van der Waals surface area contributed by atoms with Crippen LogP contribution in [0.4, 0.5) is 11.5 Å². The molecule has 0 N–H and O–H groups in total. The fourth-order valence-electron chi connectivity index (χ4n) is 3.40. The van der Waals surface area contributed by atoms with Crippen molar-refractivity contribution in [2.45, 2.75) is 6.92 Å². The first-order valence-electron chi connectivity index (χ1n) is 9.50. The molecule has 0 saturated heterocycles. The number of nitro benzene ring substituents is 1. The van der Waals surface area contributed by atoms with Crippen LogP contribution in [0.1, 0.15) is 11.3 Å². The molecule has 1 aromatic carbocycles. The van der Waals surface area contributed by atoms with Crippen molar-refractivity contribution < 1.29 is 13.8 Å². The lowest BCUT2D eigenvalue weighted by molar-refractivity contribution is -0.385. The van der Waals surface area contributed by atoms with E-state index in [1.807, 2.05) is 40.9 Å². The standard InChI is InChI=1S/C23H16N4O4/c1-15-13-16(7-9-18(15)27(28)29)19-10-8-17(31-19)14-24-23-22(20-5-4-12-30-20)25-21-6-2-3-11-26(21)23/h2-14H,1H3. The zero-order valence-corrected chi connectivity index (χ0v) is 16.4. The Morgan fingerprint density at radius 3 is 2.77 bits per heavy atom. The van der Waals surface area contributed by atoms with E-state index in [1.165, 1.54) is 6.07 Å². The summed E-state index contributed by atoms with van der Waals surface area (Å²) in [5, 5.41) is 11.0. The van der Waals surface area contributed by atoms with Crippen LogP contribution in [-0.4, -0.2) is 20.5 Å². The Morgan fingerprint density at radius 2 is 2.00 bits per heavy atom. The van der Waals surface area contributed by atoms with Crippen molar-refractivity contribution in [3.05, 3.63) is 94.6 Å². The summed E-state index contributed by atoms with van der Waals surface area (Å²) >= 11 is 0. The largest absolute Gasteiger partial charge is 0.463 e. The Bertz CT molecular complexity index is 1430. The molecule has 0 aliphatic carbocycles. The summed E-state index contributed by atoms with van der Waals surface area (Å²) in [5.74, 6) is 2.39. The first kappa shape index (κ1) is 18.6. The van der Waals surface area contributed by atoms with E-state index in [9.17, 15) is 10.1 Å².